The maximum atomic E-state index is 11.0. The molecule has 4 nitrogen and oxygen atoms in total. The number of amides is 1. The van der Waals surface area contributed by atoms with E-state index in [0.29, 0.717) is 17.3 Å². The Labute approximate surface area is 195 Å². The SMILES string of the molecule is C=C1CC[C@H](O)C/C1=C/C=C1CCC[C@@]2(C)C1CC[C@@H]2[C@H](C)CCCC(C)(C)NC(=O)O. The average Bonchev–Trinajstić information content (AvgIpc) is 3.05. The number of nitrogens with one attached hydrogen (secondary N) is 1. The molecule has 0 aliphatic heterocycles. The predicted molar refractivity (Wildman–Crippen MR) is 132 cm³/mol. The molecule has 0 aromatic heterocycles. The number of carboxylic acid groups (broad SMARTS) is 1. The van der Waals surface area contributed by atoms with Crippen molar-refractivity contribution >= 4 is 6.09 Å². The van der Waals surface area contributed by atoms with E-state index in [-0.39, 0.29) is 11.6 Å². The Kier molecular flexibility index (Phi) is 7.96. The molecule has 1 amide bonds. The summed E-state index contributed by atoms with van der Waals surface area (Å²) in [5.41, 5.74) is 4.06. The van der Waals surface area contributed by atoms with Gasteiger partial charge in [-0.2, -0.15) is 0 Å². The number of hydrogen-bond donors (Lipinski definition) is 3. The minimum absolute atomic E-state index is 0.214. The number of rotatable bonds is 7. The molecule has 1 unspecified atom stereocenters. The van der Waals surface area contributed by atoms with Crippen LogP contribution in [0.2, 0.25) is 0 Å². The van der Waals surface area contributed by atoms with Gasteiger partial charge in [-0.3, -0.25) is 0 Å². The van der Waals surface area contributed by atoms with Crippen molar-refractivity contribution in [1.82, 2.24) is 5.32 Å². The fourth-order valence-corrected chi connectivity index (χ4v) is 7.03. The minimum Gasteiger partial charge on any atom is -0.465 e. The Hall–Kier alpha value is -1.55. The fourth-order valence-electron chi connectivity index (χ4n) is 7.03. The molecule has 3 fully saturated rings. The zero-order valence-corrected chi connectivity index (χ0v) is 20.8. The van der Waals surface area contributed by atoms with E-state index in [1.807, 2.05) is 13.8 Å². The molecule has 3 aliphatic carbocycles. The van der Waals surface area contributed by atoms with Gasteiger partial charge < -0.3 is 15.5 Å². The standard InChI is InChI=1S/C28H45NO3/c1-19-10-13-23(30)18-22(19)12-11-21-9-7-17-28(5)24(14-15-25(21)28)20(2)8-6-16-27(3,4)29-26(31)32/h11-12,20,23-25,29-30H,1,6-10,13-18H2,2-5H3,(H,31,32)/b21-11?,22-12-/t20-,23+,24-,25?,28-/m1/s1. The summed E-state index contributed by atoms with van der Waals surface area (Å²) in [6, 6.07) is 0. The van der Waals surface area contributed by atoms with Crippen molar-refractivity contribution in [3.05, 3.63) is 35.5 Å². The summed E-state index contributed by atoms with van der Waals surface area (Å²) >= 11 is 0. The smallest absolute Gasteiger partial charge is 0.405 e. The lowest BCUT2D eigenvalue weighted by Gasteiger charge is -2.44. The number of aliphatic hydroxyl groups excluding tert-OH is 1. The average molecular weight is 444 g/mol. The van der Waals surface area contributed by atoms with E-state index in [9.17, 15) is 9.90 Å². The van der Waals surface area contributed by atoms with E-state index >= 15 is 0 Å². The van der Waals surface area contributed by atoms with Crippen LogP contribution in [-0.4, -0.2) is 27.9 Å². The second kappa shape index (κ2) is 10.2. The maximum absolute atomic E-state index is 11.0. The molecule has 0 heterocycles. The van der Waals surface area contributed by atoms with Crippen molar-refractivity contribution in [2.45, 2.75) is 110 Å². The molecule has 3 rings (SSSR count). The minimum atomic E-state index is -0.933. The van der Waals surface area contributed by atoms with Crippen LogP contribution >= 0.6 is 0 Å². The second-order valence-electron chi connectivity index (χ2n) is 11.7. The van der Waals surface area contributed by atoms with Crippen LogP contribution in [-0.2, 0) is 0 Å². The molecule has 32 heavy (non-hydrogen) atoms. The van der Waals surface area contributed by atoms with Gasteiger partial charge in [-0.15, -0.1) is 0 Å². The maximum Gasteiger partial charge on any atom is 0.405 e. The highest BCUT2D eigenvalue weighted by molar-refractivity contribution is 5.65. The first-order valence-electron chi connectivity index (χ1n) is 12.8. The number of carbonyl (C=O) groups is 1. The van der Waals surface area contributed by atoms with Gasteiger partial charge in [0.15, 0.2) is 0 Å². The van der Waals surface area contributed by atoms with Crippen LogP contribution in [0.4, 0.5) is 4.79 Å². The Balaban J connectivity index is 1.63. The van der Waals surface area contributed by atoms with Crippen LogP contribution in [0.1, 0.15) is 98.3 Å². The largest absolute Gasteiger partial charge is 0.465 e. The lowest BCUT2D eigenvalue weighted by molar-refractivity contribution is 0.0923. The quantitative estimate of drug-likeness (QED) is 0.396. The normalized spacial score (nSPS) is 34.5. The molecular formula is C28H45NO3. The van der Waals surface area contributed by atoms with Crippen molar-refractivity contribution < 1.29 is 15.0 Å². The summed E-state index contributed by atoms with van der Waals surface area (Å²) in [5.74, 6) is 2.08. The van der Waals surface area contributed by atoms with Crippen molar-refractivity contribution in [1.29, 1.82) is 0 Å². The Morgan fingerprint density at radius 2 is 2.03 bits per heavy atom. The fraction of sp³-hybridized carbons (Fsp3) is 0.750. The molecule has 0 spiro atoms. The van der Waals surface area contributed by atoms with Gasteiger partial charge in [0.05, 0.1) is 6.10 Å². The third-order valence-corrected chi connectivity index (χ3v) is 8.82. The molecule has 0 bridgehead atoms. The molecule has 180 valence electrons. The van der Waals surface area contributed by atoms with Gasteiger partial charge in [0.25, 0.3) is 0 Å². The first kappa shape index (κ1) is 25.1. The van der Waals surface area contributed by atoms with E-state index in [2.05, 4.69) is 37.9 Å². The Morgan fingerprint density at radius 3 is 2.75 bits per heavy atom. The van der Waals surface area contributed by atoms with Gasteiger partial charge in [-0.25, -0.2) is 4.79 Å². The van der Waals surface area contributed by atoms with Crippen LogP contribution in [0.3, 0.4) is 0 Å². The van der Waals surface area contributed by atoms with Crippen LogP contribution in [0, 0.1) is 23.2 Å². The van der Waals surface area contributed by atoms with Gasteiger partial charge in [0, 0.05) is 5.54 Å². The number of allylic oxidation sites excluding steroid dienone is 4. The summed E-state index contributed by atoms with van der Waals surface area (Å²) in [7, 11) is 0. The summed E-state index contributed by atoms with van der Waals surface area (Å²) in [6.07, 6.45) is 15.5. The van der Waals surface area contributed by atoms with Gasteiger partial charge in [0.1, 0.15) is 0 Å². The zero-order valence-electron chi connectivity index (χ0n) is 20.8. The molecule has 0 radical (unpaired) electrons. The molecule has 3 aliphatic rings. The topological polar surface area (TPSA) is 69.6 Å². The molecule has 3 N–H and O–H groups in total. The van der Waals surface area contributed by atoms with Crippen LogP contribution < -0.4 is 5.32 Å². The van der Waals surface area contributed by atoms with E-state index in [1.54, 1.807) is 5.57 Å². The van der Waals surface area contributed by atoms with Gasteiger partial charge in [0.2, 0.25) is 0 Å². The third-order valence-electron chi connectivity index (χ3n) is 8.82. The van der Waals surface area contributed by atoms with Crippen molar-refractivity contribution in [2.75, 3.05) is 0 Å². The molecule has 4 heteroatoms. The van der Waals surface area contributed by atoms with Crippen molar-refractivity contribution in [3.63, 3.8) is 0 Å². The van der Waals surface area contributed by atoms with E-state index in [0.717, 1.165) is 38.0 Å². The number of fused-ring (bicyclic) bond motifs is 1. The molecule has 5 atom stereocenters. The summed E-state index contributed by atoms with van der Waals surface area (Å²) in [4.78, 5) is 11.0. The first-order chi connectivity index (χ1) is 15.0. The lowest BCUT2D eigenvalue weighted by atomic mass is 9.60. The lowest BCUT2D eigenvalue weighted by Crippen LogP contribution is -2.42. The highest BCUT2D eigenvalue weighted by Crippen LogP contribution is 2.60. The summed E-state index contributed by atoms with van der Waals surface area (Å²) < 4.78 is 0. The van der Waals surface area contributed by atoms with Crippen molar-refractivity contribution in [2.24, 2.45) is 23.2 Å². The highest BCUT2D eigenvalue weighted by Gasteiger charge is 2.50. The number of hydrogen-bond acceptors (Lipinski definition) is 2. The highest BCUT2D eigenvalue weighted by atomic mass is 16.4. The zero-order chi connectivity index (χ0) is 23.5. The van der Waals surface area contributed by atoms with Gasteiger partial charge >= 0.3 is 6.09 Å². The monoisotopic (exact) mass is 443 g/mol. The van der Waals surface area contributed by atoms with E-state index in [4.69, 9.17) is 5.11 Å². The third kappa shape index (κ3) is 5.87. The molecule has 0 saturated heterocycles. The first-order valence-corrected chi connectivity index (χ1v) is 12.8. The van der Waals surface area contributed by atoms with Gasteiger partial charge in [-0.05, 0) is 100 Å². The molecular weight excluding hydrogens is 398 g/mol. The van der Waals surface area contributed by atoms with Gasteiger partial charge in [-0.1, -0.05) is 56.6 Å². The summed E-state index contributed by atoms with van der Waals surface area (Å²) in [6.45, 7) is 13.1. The van der Waals surface area contributed by atoms with E-state index < -0.39 is 6.09 Å². The van der Waals surface area contributed by atoms with Crippen LogP contribution in [0.5, 0.6) is 0 Å². The van der Waals surface area contributed by atoms with E-state index in [1.165, 1.54) is 49.7 Å². The van der Waals surface area contributed by atoms with Crippen LogP contribution in [0.15, 0.2) is 35.5 Å². The second-order valence-corrected chi connectivity index (χ2v) is 11.7. The Morgan fingerprint density at radius 1 is 1.28 bits per heavy atom. The van der Waals surface area contributed by atoms with Crippen LogP contribution in [0.25, 0.3) is 0 Å². The number of aliphatic hydroxyl groups is 1. The summed E-state index contributed by atoms with van der Waals surface area (Å²) in [5, 5.41) is 21.7. The molecule has 3 saturated carbocycles. The van der Waals surface area contributed by atoms with Crippen molar-refractivity contribution in [3.8, 4) is 0 Å². The molecule has 0 aromatic rings. The molecule has 0 aromatic carbocycles. The predicted octanol–water partition coefficient (Wildman–Crippen LogP) is 7.01. The Bertz CT molecular complexity index is 765.